The molecule has 1 aliphatic carbocycles. The van der Waals surface area contributed by atoms with Crippen molar-refractivity contribution in [2.75, 3.05) is 12.4 Å². The van der Waals surface area contributed by atoms with Gasteiger partial charge in [0.05, 0.1) is 10.6 Å². The molecule has 0 amide bonds. The van der Waals surface area contributed by atoms with Gasteiger partial charge in [-0.2, -0.15) is 0 Å². The van der Waals surface area contributed by atoms with E-state index in [0.717, 1.165) is 12.0 Å². The molecule has 1 N–H and O–H groups in total. The molecule has 0 aromatic heterocycles. The van der Waals surface area contributed by atoms with Crippen molar-refractivity contribution in [2.45, 2.75) is 23.2 Å². The van der Waals surface area contributed by atoms with Gasteiger partial charge in [-0.3, -0.25) is 0 Å². The maximum Gasteiger partial charge on any atom is 0.178 e. The van der Waals surface area contributed by atoms with E-state index < -0.39 is 9.84 Å². The van der Waals surface area contributed by atoms with Crippen molar-refractivity contribution < 1.29 is 13.5 Å². The number of hydrogen-bond acceptors (Lipinski definition) is 3. The summed E-state index contributed by atoms with van der Waals surface area (Å²) in [4.78, 5) is 0.484. The van der Waals surface area contributed by atoms with E-state index in [1.54, 1.807) is 12.1 Å². The fraction of sp³-hybridized carbons (Fsp3) is 0.500. The third-order valence-corrected chi connectivity index (χ3v) is 5.80. The molecule has 0 bridgehead atoms. The summed E-state index contributed by atoms with van der Waals surface area (Å²) in [5.74, 6) is 0.477. The van der Waals surface area contributed by atoms with Crippen molar-refractivity contribution in [1.29, 1.82) is 0 Å². The van der Waals surface area contributed by atoms with E-state index in [1.165, 1.54) is 0 Å². The lowest BCUT2D eigenvalue weighted by atomic mass is 9.90. The number of benzene rings is 1. The highest BCUT2D eigenvalue weighted by Gasteiger charge is 2.58. The van der Waals surface area contributed by atoms with Crippen molar-refractivity contribution in [3.8, 4) is 0 Å². The van der Waals surface area contributed by atoms with Gasteiger partial charge in [0, 0.05) is 12.0 Å². The summed E-state index contributed by atoms with van der Waals surface area (Å²) in [6.45, 7) is 0.161. The third kappa shape index (κ3) is 1.20. The molecule has 2 atom stereocenters. The number of rotatable bonds is 1. The Balaban J connectivity index is 2.18. The Morgan fingerprint density at radius 2 is 2.12 bits per heavy atom. The highest BCUT2D eigenvalue weighted by Crippen LogP contribution is 2.60. The predicted octanol–water partition coefficient (Wildman–Crippen LogP) is 1.11. The second kappa shape index (κ2) is 3.08. The Kier molecular flexibility index (Phi) is 1.98. The number of aliphatic hydroxyl groups is 1. The fourth-order valence-corrected chi connectivity index (χ4v) is 4.71. The smallest absolute Gasteiger partial charge is 0.178 e. The summed E-state index contributed by atoms with van der Waals surface area (Å²) < 4.78 is 23.8. The van der Waals surface area contributed by atoms with Crippen LogP contribution in [0.4, 0.5) is 0 Å². The van der Waals surface area contributed by atoms with E-state index in [4.69, 9.17) is 0 Å². The molecular formula is C12H14O3S. The second-order valence-corrected chi connectivity index (χ2v) is 6.88. The molecule has 1 fully saturated rings. The van der Waals surface area contributed by atoms with E-state index in [9.17, 15) is 13.5 Å². The monoisotopic (exact) mass is 238 g/mol. The van der Waals surface area contributed by atoms with Crippen molar-refractivity contribution in [3.05, 3.63) is 29.8 Å². The van der Waals surface area contributed by atoms with Crippen LogP contribution in [0.2, 0.25) is 0 Å². The van der Waals surface area contributed by atoms with Crippen LogP contribution in [0.25, 0.3) is 0 Å². The highest BCUT2D eigenvalue weighted by atomic mass is 32.2. The molecule has 0 radical (unpaired) electrons. The minimum Gasteiger partial charge on any atom is -0.396 e. The van der Waals surface area contributed by atoms with Crippen molar-refractivity contribution >= 4 is 9.84 Å². The molecule has 1 heterocycles. The molecule has 1 aliphatic heterocycles. The molecule has 86 valence electrons. The highest BCUT2D eigenvalue weighted by molar-refractivity contribution is 7.91. The van der Waals surface area contributed by atoms with Crippen LogP contribution in [0.5, 0.6) is 0 Å². The Bertz CT molecular complexity index is 535. The minimum absolute atomic E-state index is 0.0450. The molecule has 1 saturated carbocycles. The van der Waals surface area contributed by atoms with Gasteiger partial charge in [-0.05, 0) is 30.4 Å². The summed E-state index contributed by atoms with van der Waals surface area (Å²) in [5, 5.41) is 9.23. The number of sulfone groups is 1. The Morgan fingerprint density at radius 3 is 2.81 bits per heavy atom. The first-order valence-electron chi connectivity index (χ1n) is 5.53. The summed E-state index contributed by atoms with van der Waals surface area (Å²) in [5.41, 5.74) is 0.886. The molecule has 0 saturated heterocycles. The first-order chi connectivity index (χ1) is 7.60. The standard InChI is InChI=1S/C12H14O3S/c13-8-9-7-12(9)5-6-16(14,15)11-4-2-1-3-10(11)12/h1-4,9,13H,5-8H2. The van der Waals surface area contributed by atoms with Gasteiger partial charge in [0.25, 0.3) is 0 Å². The first-order valence-corrected chi connectivity index (χ1v) is 7.18. The molecule has 2 aliphatic rings. The third-order valence-electron chi connectivity index (χ3n) is 4.03. The zero-order valence-corrected chi connectivity index (χ0v) is 9.70. The number of aliphatic hydroxyl groups excluding tert-OH is 1. The first kappa shape index (κ1) is 10.3. The lowest BCUT2D eigenvalue weighted by molar-refractivity contribution is 0.261. The van der Waals surface area contributed by atoms with Crippen LogP contribution >= 0.6 is 0 Å². The van der Waals surface area contributed by atoms with Crippen LogP contribution < -0.4 is 0 Å². The molecule has 4 heteroatoms. The van der Waals surface area contributed by atoms with Crippen LogP contribution in [-0.4, -0.2) is 25.9 Å². The molecule has 2 unspecified atom stereocenters. The summed E-state index contributed by atoms with van der Waals surface area (Å²) >= 11 is 0. The largest absolute Gasteiger partial charge is 0.396 e. The van der Waals surface area contributed by atoms with Crippen LogP contribution in [0.15, 0.2) is 29.2 Å². The van der Waals surface area contributed by atoms with Crippen LogP contribution in [0, 0.1) is 5.92 Å². The lowest BCUT2D eigenvalue weighted by Crippen LogP contribution is -2.26. The topological polar surface area (TPSA) is 54.4 Å². The summed E-state index contributed by atoms with van der Waals surface area (Å²) in [6, 6.07) is 7.25. The predicted molar refractivity (Wildman–Crippen MR) is 60.0 cm³/mol. The van der Waals surface area contributed by atoms with E-state index in [-0.39, 0.29) is 23.7 Å². The number of hydrogen-bond donors (Lipinski definition) is 1. The number of fused-ring (bicyclic) bond motifs is 2. The lowest BCUT2D eigenvalue weighted by Gasteiger charge is -2.26. The van der Waals surface area contributed by atoms with Gasteiger partial charge in [-0.15, -0.1) is 0 Å². The van der Waals surface area contributed by atoms with E-state index in [0.29, 0.717) is 11.3 Å². The van der Waals surface area contributed by atoms with Gasteiger partial charge < -0.3 is 5.11 Å². The van der Waals surface area contributed by atoms with E-state index in [1.807, 2.05) is 12.1 Å². The molecule has 3 nitrogen and oxygen atoms in total. The minimum atomic E-state index is -3.09. The van der Waals surface area contributed by atoms with E-state index >= 15 is 0 Å². The van der Waals surface area contributed by atoms with E-state index in [2.05, 4.69) is 0 Å². The Labute approximate surface area is 95.0 Å². The van der Waals surface area contributed by atoms with Crippen LogP contribution in [-0.2, 0) is 15.3 Å². The maximum absolute atomic E-state index is 11.9. The van der Waals surface area contributed by atoms with Crippen molar-refractivity contribution in [1.82, 2.24) is 0 Å². The molecule has 3 rings (SSSR count). The molecule has 1 aromatic rings. The molecule has 1 aromatic carbocycles. The summed E-state index contributed by atoms with van der Waals surface area (Å²) in [7, 11) is -3.09. The van der Waals surface area contributed by atoms with Gasteiger partial charge in [0.15, 0.2) is 9.84 Å². The normalized spacial score (nSPS) is 34.7. The molecule has 1 spiro atoms. The van der Waals surface area contributed by atoms with Gasteiger partial charge >= 0.3 is 0 Å². The van der Waals surface area contributed by atoms with Crippen molar-refractivity contribution in [3.63, 3.8) is 0 Å². The van der Waals surface area contributed by atoms with Gasteiger partial charge in [0.2, 0.25) is 0 Å². The van der Waals surface area contributed by atoms with Crippen LogP contribution in [0.1, 0.15) is 18.4 Å². The second-order valence-electron chi connectivity index (χ2n) is 4.80. The van der Waals surface area contributed by atoms with Gasteiger partial charge in [0.1, 0.15) is 0 Å². The zero-order chi connectivity index (χ0) is 11.4. The molecular weight excluding hydrogens is 224 g/mol. The van der Waals surface area contributed by atoms with Gasteiger partial charge in [-0.25, -0.2) is 8.42 Å². The average molecular weight is 238 g/mol. The Morgan fingerprint density at radius 1 is 1.38 bits per heavy atom. The SMILES string of the molecule is O=S1(=O)CCC2(CC2CO)c2ccccc21. The quantitative estimate of drug-likeness (QED) is 0.797. The maximum atomic E-state index is 11.9. The molecule has 16 heavy (non-hydrogen) atoms. The van der Waals surface area contributed by atoms with Gasteiger partial charge in [-0.1, -0.05) is 18.2 Å². The average Bonchev–Trinajstić information content (AvgIpc) is 3.00. The Hall–Kier alpha value is -0.870. The fourth-order valence-electron chi connectivity index (χ4n) is 2.97. The van der Waals surface area contributed by atoms with Crippen molar-refractivity contribution in [2.24, 2.45) is 5.92 Å². The zero-order valence-electron chi connectivity index (χ0n) is 8.89. The van der Waals surface area contributed by atoms with Crippen LogP contribution in [0.3, 0.4) is 0 Å². The summed E-state index contributed by atoms with van der Waals surface area (Å²) in [6.07, 6.45) is 1.59.